The number of unbranched alkanes of at least 4 members (excludes halogenated alkanes) is 2. The molecule has 0 bridgehead atoms. The molecule has 0 spiro atoms. The van der Waals surface area contributed by atoms with Crippen LogP contribution < -0.4 is 5.43 Å². The van der Waals surface area contributed by atoms with Gasteiger partial charge in [0.2, 0.25) is 11.3 Å². The number of nitrogens with zero attached hydrogens (tertiary/aromatic N) is 1. The molecule has 7 nitrogen and oxygen atoms in total. The Bertz CT molecular complexity index is 565. The summed E-state index contributed by atoms with van der Waals surface area (Å²) in [5.74, 6) is -1.09. The van der Waals surface area contributed by atoms with E-state index in [1.54, 1.807) is 0 Å². The minimum atomic E-state index is -0.611. The summed E-state index contributed by atoms with van der Waals surface area (Å²) in [4.78, 5) is 35.9. The number of carbonyl (C=O) groups excluding carboxylic acids is 2. The molecule has 1 heterocycles. The Morgan fingerprint density at radius 1 is 1.36 bits per heavy atom. The Labute approximate surface area is 128 Å². The molecule has 1 aromatic rings. The molecular formula is C15H21NO6. The van der Waals surface area contributed by atoms with Crippen LogP contribution >= 0.6 is 0 Å². The van der Waals surface area contributed by atoms with E-state index in [2.05, 4.69) is 0 Å². The van der Waals surface area contributed by atoms with Gasteiger partial charge in [0.05, 0.1) is 0 Å². The number of likely N-dealkylation sites (N-methyl/N-ethyl adjacent to an activating group) is 1. The predicted octanol–water partition coefficient (Wildman–Crippen LogP) is 1.43. The maximum Gasteiger partial charge on any atom is 0.326 e. The van der Waals surface area contributed by atoms with Gasteiger partial charge in [-0.05, 0) is 6.42 Å². The van der Waals surface area contributed by atoms with Crippen LogP contribution in [0.15, 0.2) is 21.5 Å². The van der Waals surface area contributed by atoms with Gasteiger partial charge >= 0.3 is 5.97 Å². The summed E-state index contributed by atoms with van der Waals surface area (Å²) in [6, 6.07) is 1.04. The molecule has 0 aliphatic heterocycles. The Morgan fingerprint density at radius 2 is 2.09 bits per heavy atom. The van der Waals surface area contributed by atoms with Crippen molar-refractivity contribution in [3.8, 4) is 5.75 Å². The van der Waals surface area contributed by atoms with Gasteiger partial charge < -0.3 is 19.2 Å². The molecule has 1 amide bonds. The molecule has 0 unspecified atom stereocenters. The molecule has 0 atom stereocenters. The largest absolute Gasteiger partial charge is 0.502 e. The van der Waals surface area contributed by atoms with Gasteiger partial charge in [-0.3, -0.25) is 14.4 Å². The standard InChI is InChI=1S/C15H21NO6/c1-3-4-5-6-14(19)16(2)8-15(20)22-9-11-7-12(17)13(18)10-21-11/h7,10,18H,3-6,8-9H2,1-2H3. The zero-order chi connectivity index (χ0) is 16.5. The first-order valence-corrected chi connectivity index (χ1v) is 7.14. The van der Waals surface area contributed by atoms with E-state index in [0.29, 0.717) is 6.42 Å². The predicted molar refractivity (Wildman–Crippen MR) is 78.2 cm³/mol. The molecule has 0 radical (unpaired) electrons. The maximum absolute atomic E-state index is 11.7. The monoisotopic (exact) mass is 311 g/mol. The third kappa shape index (κ3) is 5.99. The molecule has 7 heteroatoms. The average Bonchev–Trinajstić information content (AvgIpc) is 2.48. The minimum Gasteiger partial charge on any atom is -0.502 e. The molecule has 22 heavy (non-hydrogen) atoms. The van der Waals surface area contributed by atoms with Crippen LogP contribution in [0.25, 0.3) is 0 Å². The molecule has 0 aliphatic carbocycles. The second kappa shape index (κ2) is 8.86. The van der Waals surface area contributed by atoms with Crippen LogP contribution in [-0.2, 0) is 20.9 Å². The summed E-state index contributed by atoms with van der Waals surface area (Å²) < 4.78 is 9.82. The second-order valence-corrected chi connectivity index (χ2v) is 4.96. The SMILES string of the molecule is CCCCCC(=O)N(C)CC(=O)OCc1cc(=O)c(O)co1. The number of amides is 1. The highest BCUT2D eigenvalue weighted by molar-refractivity contribution is 5.81. The van der Waals surface area contributed by atoms with Crippen molar-refractivity contribution >= 4 is 11.9 Å². The van der Waals surface area contributed by atoms with E-state index >= 15 is 0 Å². The number of hydrogen-bond acceptors (Lipinski definition) is 6. The highest BCUT2D eigenvalue weighted by Crippen LogP contribution is 2.06. The molecule has 0 saturated carbocycles. The number of hydrogen-bond donors (Lipinski definition) is 1. The Kier molecular flexibility index (Phi) is 7.15. The topological polar surface area (TPSA) is 97.0 Å². The second-order valence-electron chi connectivity index (χ2n) is 4.96. The fourth-order valence-electron chi connectivity index (χ4n) is 1.72. The first-order valence-electron chi connectivity index (χ1n) is 7.14. The van der Waals surface area contributed by atoms with Gasteiger partial charge in [0.25, 0.3) is 0 Å². The van der Waals surface area contributed by atoms with Crippen LogP contribution in [0.5, 0.6) is 5.75 Å². The first kappa shape index (κ1) is 17.7. The molecule has 1 aromatic heterocycles. The fourth-order valence-corrected chi connectivity index (χ4v) is 1.72. The minimum absolute atomic E-state index is 0.110. The zero-order valence-corrected chi connectivity index (χ0v) is 12.8. The Balaban J connectivity index is 2.37. The van der Waals surface area contributed by atoms with Gasteiger partial charge in [-0.1, -0.05) is 19.8 Å². The molecule has 0 fully saturated rings. The number of rotatable bonds is 8. The van der Waals surface area contributed by atoms with Crippen molar-refractivity contribution in [2.45, 2.75) is 39.2 Å². The Morgan fingerprint density at radius 3 is 2.73 bits per heavy atom. The maximum atomic E-state index is 11.7. The quantitative estimate of drug-likeness (QED) is 0.576. The van der Waals surface area contributed by atoms with Crippen molar-refractivity contribution in [1.82, 2.24) is 4.90 Å². The molecule has 0 saturated heterocycles. The molecular weight excluding hydrogens is 290 g/mol. The van der Waals surface area contributed by atoms with Gasteiger partial charge in [0, 0.05) is 19.5 Å². The Hall–Kier alpha value is -2.31. The van der Waals surface area contributed by atoms with Crippen LogP contribution in [0.4, 0.5) is 0 Å². The lowest BCUT2D eigenvalue weighted by molar-refractivity contribution is -0.150. The fraction of sp³-hybridized carbons (Fsp3) is 0.533. The van der Waals surface area contributed by atoms with Gasteiger partial charge in [0.15, 0.2) is 5.75 Å². The van der Waals surface area contributed by atoms with Crippen molar-refractivity contribution in [1.29, 1.82) is 0 Å². The lowest BCUT2D eigenvalue weighted by Gasteiger charge is -2.16. The van der Waals surface area contributed by atoms with E-state index in [-0.39, 0.29) is 24.8 Å². The summed E-state index contributed by atoms with van der Waals surface area (Å²) in [5, 5.41) is 9.03. The molecule has 1 rings (SSSR count). The molecule has 0 aromatic carbocycles. The lowest BCUT2D eigenvalue weighted by Crippen LogP contribution is -2.32. The van der Waals surface area contributed by atoms with Crippen LogP contribution in [0, 0.1) is 0 Å². The van der Waals surface area contributed by atoms with Crippen molar-refractivity contribution < 1.29 is 23.8 Å². The molecule has 122 valence electrons. The zero-order valence-electron chi connectivity index (χ0n) is 12.8. The number of esters is 1. The summed E-state index contributed by atoms with van der Waals surface area (Å²) in [7, 11) is 1.54. The van der Waals surface area contributed by atoms with Crippen molar-refractivity contribution in [3.05, 3.63) is 28.3 Å². The average molecular weight is 311 g/mol. The summed E-state index contributed by atoms with van der Waals surface area (Å²) in [5.41, 5.74) is -0.611. The summed E-state index contributed by atoms with van der Waals surface area (Å²) in [6.07, 6.45) is 4.09. The van der Waals surface area contributed by atoms with Gasteiger partial charge in [-0.15, -0.1) is 0 Å². The van der Waals surface area contributed by atoms with Gasteiger partial charge in [-0.2, -0.15) is 0 Å². The van der Waals surface area contributed by atoms with Crippen LogP contribution in [-0.4, -0.2) is 35.5 Å². The normalized spacial score (nSPS) is 10.3. The van der Waals surface area contributed by atoms with E-state index in [0.717, 1.165) is 31.6 Å². The van der Waals surface area contributed by atoms with E-state index in [9.17, 15) is 14.4 Å². The van der Waals surface area contributed by atoms with Crippen molar-refractivity contribution in [2.24, 2.45) is 0 Å². The van der Waals surface area contributed by atoms with Crippen molar-refractivity contribution in [2.75, 3.05) is 13.6 Å². The molecule has 0 aliphatic rings. The smallest absolute Gasteiger partial charge is 0.326 e. The van der Waals surface area contributed by atoms with Crippen LogP contribution in [0.3, 0.4) is 0 Å². The highest BCUT2D eigenvalue weighted by atomic mass is 16.5. The number of carbonyl (C=O) groups is 2. The summed E-state index contributed by atoms with van der Waals surface area (Å²) >= 11 is 0. The lowest BCUT2D eigenvalue weighted by atomic mass is 10.2. The molecule has 1 N–H and O–H groups in total. The number of aromatic hydroxyl groups is 1. The third-order valence-corrected chi connectivity index (χ3v) is 3.03. The van der Waals surface area contributed by atoms with E-state index < -0.39 is 17.1 Å². The van der Waals surface area contributed by atoms with Crippen LogP contribution in [0.1, 0.15) is 38.4 Å². The summed E-state index contributed by atoms with van der Waals surface area (Å²) in [6.45, 7) is 1.66. The van der Waals surface area contributed by atoms with Gasteiger partial charge in [0.1, 0.15) is 25.2 Å². The van der Waals surface area contributed by atoms with Crippen LogP contribution in [0.2, 0.25) is 0 Å². The van der Waals surface area contributed by atoms with E-state index in [1.807, 2.05) is 6.92 Å². The first-order chi connectivity index (χ1) is 10.4. The van der Waals surface area contributed by atoms with Crippen molar-refractivity contribution in [3.63, 3.8) is 0 Å². The third-order valence-electron chi connectivity index (χ3n) is 3.03. The number of ether oxygens (including phenoxy) is 1. The highest BCUT2D eigenvalue weighted by Gasteiger charge is 2.14. The van der Waals surface area contributed by atoms with E-state index in [1.165, 1.54) is 11.9 Å². The van der Waals surface area contributed by atoms with E-state index in [4.69, 9.17) is 14.3 Å². The van der Waals surface area contributed by atoms with Gasteiger partial charge in [-0.25, -0.2) is 0 Å².